The lowest BCUT2D eigenvalue weighted by molar-refractivity contribution is -0.119. The number of aromatic nitrogens is 4. The molecular formula is C24H26FN7O3. The molecule has 10 nitrogen and oxygen atoms in total. The Morgan fingerprint density at radius 2 is 2.00 bits per heavy atom. The lowest BCUT2D eigenvalue weighted by Gasteiger charge is -2.21. The number of rotatable bonds is 6. The highest BCUT2D eigenvalue weighted by atomic mass is 19.1. The van der Waals surface area contributed by atoms with Gasteiger partial charge in [0.05, 0.1) is 30.5 Å². The van der Waals surface area contributed by atoms with Crippen molar-refractivity contribution >= 4 is 23.4 Å². The Morgan fingerprint density at radius 1 is 1.20 bits per heavy atom. The van der Waals surface area contributed by atoms with Crippen LogP contribution in [0, 0.1) is 12.7 Å². The number of carbonyl (C=O) groups excluding carboxylic acids is 2. The van der Waals surface area contributed by atoms with Gasteiger partial charge in [0.15, 0.2) is 0 Å². The number of benzene rings is 2. The quantitative estimate of drug-likeness (QED) is 0.580. The number of cyclic esters (lactones) is 1. The molecule has 35 heavy (non-hydrogen) atoms. The Kier molecular flexibility index (Phi) is 6.06. The van der Waals surface area contributed by atoms with Crippen molar-refractivity contribution in [3.05, 3.63) is 53.8 Å². The van der Waals surface area contributed by atoms with Crippen molar-refractivity contribution in [2.24, 2.45) is 0 Å². The smallest absolute Gasteiger partial charge is 0.414 e. The van der Waals surface area contributed by atoms with E-state index in [0.717, 1.165) is 17.5 Å². The maximum Gasteiger partial charge on any atom is 0.414 e. The molecule has 2 aromatic carbocycles. The van der Waals surface area contributed by atoms with Crippen LogP contribution in [0.3, 0.4) is 0 Å². The molecule has 5 rings (SSSR count). The van der Waals surface area contributed by atoms with Gasteiger partial charge < -0.3 is 15.0 Å². The molecule has 2 saturated heterocycles. The zero-order chi connectivity index (χ0) is 24.5. The Labute approximate surface area is 201 Å². The first kappa shape index (κ1) is 22.8. The second-order valence-corrected chi connectivity index (χ2v) is 8.88. The van der Waals surface area contributed by atoms with Gasteiger partial charge in [-0.05, 0) is 36.8 Å². The summed E-state index contributed by atoms with van der Waals surface area (Å²) in [5.74, 6) is -0.0623. The van der Waals surface area contributed by atoms with E-state index in [-0.39, 0.29) is 25.0 Å². The van der Waals surface area contributed by atoms with Crippen LogP contribution in [0.25, 0.3) is 11.4 Å². The van der Waals surface area contributed by atoms with Gasteiger partial charge in [-0.3, -0.25) is 9.69 Å². The molecule has 2 atom stereocenters. The molecular weight excluding hydrogens is 453 g/mol. The van der Waals surface area contributed by atoms with Crippen molar-refractivity contribution in [2.45, 2.75) is 32.4 Å². The molecule has 3 heterocycles. The second-order valence-electron chi connectivity index (χ2n) is 8.88. The number of anilines is 2. The lowest BCUT2D eigenvalue weighted by Crippen LogP contribution is -2.33. The van der Waals surface area contributed by atoms with Crippen LogP contribution in [0.2, 0.25) is 0 Å². The summed E-state index contributed by atoms with van der Waals surface area (Å²) in [6.07, 6.45) is -0.280. The first-order valence-electron chi connectivity index (χ1n) is 11.5. The highest BCUT2D eigenvalue weighted by Gasteiger charge is 2.33. The second kappa shape index (κ2) is 9.32. The van der Waals surface area contributed by atoms with Gasteiger partial charge in [-0.1, -0.05) is 29.8 Å². The van der Waals surface area contributed by atoms with Crippen molar-refractivity contribution in [2.75, 3.05) is 36.0 Å². The summed E-state index contributed by atoms with van der Waals surface area (Å²) < 4.78 is 20.4. The molecule has 182 valence electrons. The normalized spacial score (nSPS) is 19.8. The number of ether oxygens (including phenoxy) is 1. The van der Waals surface area contributed by atoms with Crippen LogP contribution < -0.4 is 15.1 Å². The molecule has 2 fully saturated rings. The summed E-state index contributed by atoms with van der Waals surface area (Å²) in [5.41, 5.74) is 2.93. The van der Waals surface area contributed by atoms with E-state index in [2.05, 4.69) is 20.7 Å². The summed E-state index contributed by atoms with van der Waals surface area (Å²) in [6.45, 7) is 5.07. The van der Waals surface area contributed by atoms with Crippen molar-refractivity contribution in [1.29, 1.82) is 0 Å². The molecule has 3 aromatic rings. The molecule has 0 saturated carbocycles. The molecule has 0 aliphatic carbocycles. The minimum atomic E-state index is -0.560. The van der Waals surface area contributed by atoms with Gasteiger partial charge >= 0.3 is 6.09 Å². The summed E-state index contributed by atoms with van der Waals surface area (Å²) in [7, 11) is 0. The minimum Gasteiger partial charge on any atom is -0.442 e. The number of nitrogens with one attached hydrogen (secondary N) is 1. The number of hydrogen-bond donors (Lipinski definition) is 1. The predicted octanol–water partition coefficient (Wildman–Crippen LogP) is 2.70. The molecule has 1 N–H and O–H groups in total. The number of tetrazole rings is 1. The molecule has 1 aromatic heterocycles. The molecule has 11 heteroatoms. The van der Waals surface area contributed by atoms with Crippen LogP contribution in [0.1, 0.15) is 24.9 Å². The Bertz CT molecular complexity index is 1250. The van der Waals surface area contributed by atoms with Gasteiger partial charge in [0.25, 0.3) is 0 Å². The van der Waals surface area contributed by atoms with E-state index in [1.54, 1.807) is 16.9 Å². The maximum absolute atomic E-state index is 15.1. The molecule has 0 radical (unpaired) electrons. The third kappa shape index (κ3) is 4.79. The van der Waals surface area contributed by atoms with Crippen LogP contribution >= 0.6 is 0 Å². The standard InChI is InChI=1S/C24H26FN7O3/c1-15-3-5-17(6-4-15)23-27-29-32(28-23)19-9-10-30(13-19)22-8-7-18(11-21(22)25)31-14-20(35-24(31)34)12-26-16(2)33/h3-8,11,19-20H,9-10,12-14H2,1-2H3,(H,26,33)/t19-,20+/m1/s1. The average molecular weight is 480 g/mol. The third-order valence-corrected chi connectivity index (χ3v) is 6.26. The molecule has 0 spiro atoms. The number of halogens is 1. The molecule has 0 unspecified atom stereocenters. The number of nitrogens with zero attached hydrogens (tertiary/aromatic N) is 6. The van der Waals surface area contributed by atoms with Crippen LogP contribution in [-0.2, 0) is 9.53 Å². The first-order chi connectivity index (χ1) is 16.9. The van der Waals surface area contributed by atoms with Crippen LogP contribution in [0.5, 0.6) is 0 Å². The maximum atomic E-state index is 15.1. The zero-order valence-corrected chi connectivity index (χ0v) is 19.5. The highest BCUT2D eigenvalue weighted by molar-refractivity contribution is 5.90. The van der Waals surface area contributed by atoms with Crippen LogP contribution in [0.4, 0.5) is 20.6 Å². The minimum absolute atomic E-state index is 0.0242. The number of carbonyl (C=O) groups is 2. The first-order valence-corrected chi connectivity index (χ1v) is 11.5. The Morgan fingerprint density at radius 3 is 2.74 bits per heavy atom. The fourth-order valence-corrected chi connectivity index (χ4v) is 4.36. The SMILES string of the molecule is CC(=O)NC[C@H]1CN(c2ccc(N3CC[C@@H](n4nnc(-c5ccc(C)cc5)n4)C3)c(F)c2)C(=O)O1. The van der Waals surface area contributed by atoms with Gasteiger partial charge in [-0.25, -0.2) is 9.18 Å². The fourth-order valence-electron chi connectivity index (χ4n) is 4.36. The van der Waals surface area contributed by atoms with E-state index in [0.29, 0.717) is 30.3 Å². The number of hydrogen-bond acceptors (Lipinski definition) is 7. The summed E-state index contributed by atoms with van der Waals surface area (Å²) in [4.78, 5) is 28.3. The molecule has 2 aliphatic heterocycles. The largest absolute Gasteiger partial charge is 0.442 e. The van der Waals surface area contributed by atoms with E-state index in [1.165, 1.54) is 17.9 Å². The molecule has 0 bridgehead atoms. The van der Waals surface area contributed by atoms with Gasteiger partial charge in [0.1, 0.15) is 11.9 Å². The average Bonchev–Trinajstić information content (AvgIpc) is 3.58. The topological polar surface area (TPSA) is 105 Å². The van der Waals surface area contributed by atoms with Crippen LogP contribution in [-0.4, -0.2) is 64.5 Å². The summed E-state index contributed by atoms with van der Waals surface area (Å²) in [5, 5.41) is 15.6. The van der Waals surface area contributed by atoms with E-state index in [4.69, 9.17) is 4.74 Å². The van der Waals surface area contributed by atoms with Gasteiger partial charge in [0.2, 0.25) is 11.7 Å². The fraction of sp³-hybridized carbons (Fsp3) is 0.375. The van der Waals surface area contributed by atoms with Crippen LogP contribution in [0.15, 0.2) is 42.5 Å². The Hall–Kier alpha value is -4.02. The number of aryl methyl sites for hydroxylation is 1. The van der Waals surface area contributed by atoms with E-state index in [1.807, 2.05) is 36.1 Å². The Balaban J connectivity index is 1.24. The monoisotopic (exact) mass is 479 g/mol. The van der Waals surface area contributed by atoms with Crippen molar-refractivity contribution in [1.82, 2.24) is 25.5 Å². The third-order valence-electron chi connectivity index (χ3n) is 6.26. The van der Waals surface area contributed by atoms with Crippen molar-refractivity contribution in [3.8, 4) is 11.4 Å². The van der Waals surface area contributed by atoms with Gasteiger partial charge in [-0.15, -0.1) is 10.2 Å². The number of amides is 2. The molecule has 2 amide bonds. The highest BCUT2D eigenvalue weighted by Crippen LogP contribution is 2.32. The predicted molar refractivity (Wildman–Crippen MR) is 127 cm³/mol. The van der Waals surface area contributed by atoms with Gasteiger partial charge in [0, 0.05) is 25.6 Å². The van der Waals surface area contributed by atoms with Crippen molar-refractivity contribution in [3.63, 3.8) is 0 Å². The zero-order valence-electron chi connectivity index (χ0n) is 19.5. The van der Waals surface area contributed by atoms with Crippen molar-refractivity contribution < 1.29 is 18.7 Å². The van der Waals surface area contributed by atoms with E-state index in [9.17, 15) is 9.59 Å². The summed E-state index contributed by atoms with van der Waals surface area (Å²) in [6, 6.07) is 12.6. The van der Waals surface area contributed by atoms with E-state index < -0.39 is 18.0 Å². The molecule has 2 aliphatic rings. The summed E-state index contributed by atoms with van der Waals surface area (Å²) >= 11 is 0. The van der Waals surface area contributed by atoms with Gasteiger partial charge in [-0.2, -0.15) is 4.80 Å². The van der Waals surface area contributed by atoms with E-state index >= 15 is 4.39 Å². The lowest BCUT2D eigenvalue weighted by atomic mass is 10.1.